The van der Waals surface area contributed by atoms with E-state index in [0.717, 1.165) is 179 Å². The van der Waals surface area contributed by atoms with Gasteiger partial charge in [-0.2, -0.15) is 0 Å². The Morgan fingerprint density at radius 3 is 1.01 bits per heavy atom. The molecule has 0 aliphatic rings. The molecule has 0 saturated carbocycles. The predicted molar refractivity (Wildman–Crippen MR) is 559 cm³/mol. The molecule has 0 saturated heterocycles. The summed E-state index contributed by atoms with van der Waals surface area (Å²) in [6, 6.07) is 139. The molecule has 0 atom stereocenters. The Labute approximate surface area is 830 Å². The van der Waals surface area contributed by atoms with Crippen LogP contribution in [0.3, 0.4) is 0 Å². The van der Waals surface area contributed by atoms with Crippen molar-refractivity contribution < 1.29 is 53.7 Å². The fraction of sp³-hybridized carbons (Fsp3) is 0.143. The molecule has 136 heavy (non-hydrogen) atoms. The average Bonchev–Trinajstić information content (AvgIpc) is 1.59. The minimum absolute atomic E-state index is 0. The first-order valence-electron chi connectivity index (χ1n) is 46.8. The summed E-state index contributed by atoms with van der Waals surface area (Å²) in [6.07, 6.45) is 4.77. The Morgan fingerprint density at radius 1 is 0.316 bits per heavy atom. The molecular formula is C126H108N6O2Pt2-2. The van der Waals surface area contributed by atoms with E-state index < -0.39 is 5.89 Å². The first kappa shape index (κ1) is 92.2. The van der Waals surface area contributed by atoms with E-state index in [-0.39, 0.29) is 69.9 Å². The Bertz CT molecular complexity index is 7790. The van der Waals surface area contributed by atoms with Crippen molar-refractivity contribution in [3.8, 4) is 179 Å². The molecule has 0 aliphatic heterocycles. The smallest absolute Gasteiger partial charge is 0.148 e. The van der Waals surface area contributed by atoms with E-state index in [2.05, 4.69) is 425 Å². The number of para-hydroxylation sites is 2. The number of phenols is 2. The molecule has 20 rings (SSSR count). The number of imidazole rings is 2. The van der Waals surface area contributed by atoms with Gasteiger partial charge in [-0.3, -0.25) is 19.1 Å². The molecule has 8 nitrogen and oxygen atoms in total. The van der Waals surface area contributed by atoms with E-state index in [1.54, 1.807) is 0 Å². The number of aryl methyl sites for hydroxylation is 2. The molecule has 2 N–H and O–H groups in total. The molecule has 10 heteroatoms. The molecule has 4 aromatic heterocycles. The Kier molecular flexibility index (Phi) is 26.7. The van der Waals surface area contributed by atoms with Crippen molar-refractivity contribution in [2.45, 2.75) is 119 Å². The van der Waals surface area contributed by atoms with E-state index in [4.69, 9.17) is 21.3 Å². The Hall–Kier alpha value is -14.3. The standard InChI is InChI=1S/C64H56N3O.C62H52N3O.2Pt/c1-8-64(6,7)52-31-32-58(54(41-52)47-23-16-11-17-24-47)67-59-26-18-25-53(60(59)66-62(67)55-35-42(2)36-56(61(55)68)63(3,4)5)50-37-49(44-21-14-10-15-22-44)38-51(39-50)57-40-48(33-34-65-57)46-29-27-45(28-30-46)43-19-12-9-13-20-43;1-40(2)47-29-30-57(53(38-47)46-21-14-9-15-22-46)65-58-24-16-23-52(59(58)64-61(65)54-33-41(3)34-55(60(54)66)62(4,5)6)50-35-49(43-19-12-8-13-20-43)36-51(37-50)56-39-48(31-32-63-56)45-27-25-44(26-28-45)42-17-10-7-11-18-42;;/h9-38,40-41,68H,8H2,1-7H3;7-36,38-40,66H,1-6H3;;/q2*-1;;/i;40D;;. The second-order valence-corrected chi connectivity index (χ2v) is 38.1. The summed E-state index contributed by atoms with van der Waals surface area (Å²) in [5.41, 5.74) is 36.4. The third-order valence-electron chi connectivity index (χ3n) is 26.1. The number of rotatable bonds is 19. The van der Waals surface area contributed by atoms with E-state index in [0.29, 0.717) is 22.8 Å². The first-order valence-corrected chi connectivity index (χ1v) is 46.3. The van der Waals surface area contributed by atoms with Crippen LogP contribution in [-0.2, 0) is 58.4 Å². The monoisotopic (exact) mass is 2130 g/mol. The molecule has 0 amide bonds. The topological polar surface area (TPSA) is 102 Å². The average molecular weight is 2130 g/mol. The van der Waals surface area contributed by atoms with Gasteiger partial charge in [0.1, 0.15) is 23.1 Å². The van der Waals surface area contributed by atoms with Gasteiger partial charge in [-0.25, -0.2) is 9.97 Å². The molecule has 16 aromatic carbocycles. The molecular weight excluding hydrogens is 2020 g/mol. The summed E-state index contributed by atoms with van der Waals surface area (Å²) in [5, 5.41) is 24.7. The molecule has 0 unspecified atom stereocenters. The van der Waals surface area contributed by atoms with Gasteiger partial charge in [-0.15, -0.1) is 47.5 Å². The van der Waals surface area contributed by atoms with Gasteiger partial charge in [-0.05, 0) is 192 Å². The van der Waals surface area contributed by atoms with E-state index in [9.17, 15) is 10.2 Å². The summed E-state index contributed by atoms with van der Waals surface area (Å²) in [7, 11) is 0. The van der Waals surface area contributed by atoms with Crippen LogP contribution >= 0.6 is 0 Å². The third kappa shape index (κ3) is 19.2. The summed E-state index contributed by atoms with van der Waals surface area (Å²) < 4.78 is 13.5. The van der Waals surface area contributed by atoms with Crippen LogP contribution in [-0.4, -0.2) is 39.3 Å². The second kappa shape index (κ2) is 39.3. The van der Waals surface area contributed by atoms with Gasteiger partial charge < -0.3 is 10.2 Å². The summed E-state index contributed by atoms with van der Waals surface area (Å²) in [6.45, 7) is 27.7. The minimum Gasteiger partial charge on any atom is -0.507 e. The number of hydrogen-bond acceptors (Lipinski definition) is 6. The first-order chi connectivity index (χ1) is 65.2. The van der Waals surface area contributed by atoms with Gasteiger partial charge in [-0.1, -0.05) is 401 Å². The number of nitrogens with zero attached hydrogens (tertiary/aromatic N) is 6. The zero-order chi connectivity index (χ0) is 93.6. The van der Waals surface area contributed by atoms with E-state index >= 15 is 0 Å². The van der Waals surface area contributed by atoms with Crippen molar-refractivity contribution in [3.63, 3.8) is 0 Å². The minimum atomic E-state index is -0.829. The Morgan fingerprint density at radius 2 is 0.647 bits per heavy atom. The van der Waals surface area contributed by atoms with Crippen molar-refractivity contribution in [2.24, 2.45) is 0 Å². The quantitative estimate of drug-likeness (QED) is 0.0782. The van der Waals surface area contributed by atoms with Gasteiger partial charge >= 0.3 is 0 Å². The van der Waals surface area contributed by atoms with Crippen LogP contribution in [0.15, 0.2) is 389 Å². The Balaban J connectivity index is 0.000000187. The molecule has 0 fully saturated rings. The molecule has 0 aliphatic carbocycles. The predicted octanol–water partition coefficient (Wildman–Crippen LogP) is 33.2. The van der Waals surface area contributed by atoms with Crippen LogP contribution in [0.25, 0.3) is 190 Å². The largest absolute Gasteiger partial charge is 0.507 e. The zero-order valence-corrected chi connectivity index (χ0v) is 83.4. The number of fused-ring (bicyclic) bond motifs is 2. The van der Waals surface area contributed by atoms with Gasteiger partial charge in [0.15, 0.2) is 0 Å². The van der Waals surface area contributed by atoms with E-state index in [1.165, 1.54) is 27.8 Å². The number of benzene rings is 16. The van der Waals surface area contributed by atoms with Gasteiger partial charge in [0.2, 0.25) is 0 Å². The van der Waals surface area contributed by atoms with Gasteiger partial charge in [0.05, 0.1) is 44.6 Å². The van der Waals surface area contributed by atoms with Crippen LogP contribution in [0.4, 0.5) is 0 Å². The SMILES string of the molecule is CCC(C)(C)c1ccc(-n2c(-c3cc(C)cc(C(C)(C)C)c3O)nc3c(-c4[c-]c(-c5cc(-c6ccc(-c7ccccc7)cc6)ccn5)cc(-c5ccccc5)c4)cccc32)c(-c2ccccc2)c1.[2H]C(C)(C)c1ccc(-n2c(-c3cc(C)cc(C(C)(C)C)c3O)nc3c(-c4[c-]c(-c5cc(-c6ccc(-c7ccccc7)cc6)ccn5)cc(-c5ccccc5)c4)cccc32)c(-c2ccccc2)c1.[Pt].[Pt]. The third-order valence-corrected chi connectivity index (χ3v) is 26.1. The summed E-state index contributed by atoms with van der Waals surface area (Å²) in [4.78, 5) is 21.1. The summed E-state index contributed by atoms with van der Waals surface area (Å²) >= 11 is 0. The number of phenolic OH excluding ortho intramolecular Hbond substituents is 2. The van der Waals surface area contributed by atoms with Crippen LogP contribution in [0.2, 0.25) is 0 Å². The van der Waals surface area contributed by atoms with Crippen molar-refractivity contribution in [3.05, 3.63) is 434 Å². The van der Waals surface area contributed by atoms with Crippen LogP contribution in [0.5, 0.6) is 11.5 Å². The van der Waals surface area contributed by atoms with E-state index in [1.807, 2.05) is 74.8 Å². The van der Waals surface area contributed by atoms with Gasteiger partial charge in [0, 0.05) is 89.5 Å². The molecule has 4 heterocycles. The number of aromatic hydroxyl groups is 2. The fourth-order valence-corrected chi connectivity index (χ4v) is 18.4. The number of hydrogen-bond donors (Lipinski definition) is 2. The molecule has 0 spiro atoms. The fourth-order valence-electron chi connectivity index (χ4n) is 18.4. The van der Waals surface area contributed by atoms with Crippen LogP contribution in [0.1, 0.15) is 123 Å². The van der Waals surface area contributed by atoms with Crippen molar-refractivity contribution >= 4 is 22.1 Å². The van der Waals surface area contributed by atoms with Crippen molar-refractivity contribution in [1.82, 2.24) is 29.1 Å². The number of pyridine rings is 2. The maximum atomic E-state index is 12.4. The maximum Gasteiger partial charge on any atom is 0.148 e. The van der Waals surface area contributed by atoms with Crippen molar-refractivity contribution in [1.29, 1.82) is 0 Å². The normalized spacial score (nSPS) is 11.8. The molecule has 0 radical (unpaired) electrons. The number of aromatic nitrogens is 6. The molecule has 676 valence electrons. The second-order valence-electron chi connectivity index (χ2n) is 38.1. The summed E-state index contributed by atoms with van der Waals surface area (Å²) in [5.74, 6) is 0.917. The van der Waals surface area contributed by atoms with Crippen LogP contribution in [0, 0.1) is 26.0 Å². The van der Waals surface area contributed by atoms with Crippen molar-refractivity contribution in [2.75, 3.05) is 0 Å². The zero-order valence-electron chi connectivity index (χ0n) is 79.9. The van der Waals surface area contributed by atoms with Crippen LogP contribution < -0.4 is 0 Å². The molecule has 20 aromatic rings. The maximum absolute atomic E-state index is 12.4. The molecule has 0 bridgehead atoms. The van der Waals surface area contributed by atoms with Gasteiger partial charge in [0.25, 0.3) is 0 Å².